The minimum absolute atomic E-state index is 0.293. The van der Waals surface area contributed by atoms with Crippen LogP contribution in [-0.4, -0.2) is 42.1 Å². The molecule has 1 unspecified atom stereocenters. The van der Waals surface area contributed by atoms with Gasteiger partial charge in [0.15, 0.2) is 5.60 Å². The van der Waals surface area contributed by atoms with E-state index in [2.05, 4.69) is 0 Å². The van der Waals surface area contributed by atoms with Crippen LogP contribution in [0.3, 0.4) is 0 Å². The summed E-state index contributed by atoms with van der Waals surface area (Å²) in [7, 11) is 1.26. The Morgan fingerprint density at radius 2 is 1.80 bits per heavy atom. The molecule has 0 aromatic heterocycles. The summed E-state index contributed by atoms with van der Waals surface area (Å²) < 4.78 is 15.0. The molecule has 0 aromatic carbocycles. The van der Waals surface area contributed by atoms with E-state index in [4.69, 9.17) is 14.2 Å². The Kier molecular flexibility index (Phi) is 7.75. The first-order valence-corrected chi connectivity index (χ1v) is 6.81. The first-order chi connectivity index (χ1) is 9.18. The van der Waals surface area contributed by atoms with E-state index >= 15 is 0 Å². The lowest BCUT2D eigenvalue weighted by Crippen LogP contribution is -2.57. The van der Waals surface area contributed by atoms with Gasteiger partial charge >= 0.3 is 11.9 Å². The molecular weight excluding hydrogens is 264 g/mol. The van der Waals surface area contributed by atoms with E-state index in [0.717, 1.165) is 19.3 Å². The number of hydrogen-bond donors (Lipinski definition) is 1. The molecule has 0 amide bonds. The van der Waals surface area contributed by atoms with E-state index in [0.29, 0.717) is 6.42 Å². The molecule has 6 heteroatoms. The smallest absolute Gasteiger partial charge is 0.305 e. The predicted octanol–water partition coefficient (Wildman–Crippen LogP) is 1.79. The molecule has 0 saturated heterocycles. The molecule has 0 aliphatic rings. The van der Waals surface area contributed by atoms with Crippen LogP contribution in [0, 0.1) is 0 Å². The zero-order valence-electron chi connectivity index (χ0n) is 13.0. The van der Waals surface area contributed by atoms with Crippen molar-refractivity contribution < 1.29 is 28.9 Å². The molecule has 0 aliphatic heterocycles. The van der Waals surface area contributed by atoms with E-state index in [1.807, 2.05) is 6.92 Å². The Labute approximate surface area is 120 Å². The lowest BCUT2D eigenvalue weighted by atomic mass is 9.97. The van der Waals surface area contributed by atoms with Gasteiger partial charge in [-0.05, 0) is 20.3 Å². The summed E-state index contributed by atoms with van der Waals surface area (Å²) in [5.41, 5.74) is -1.34. The number of methoxy groups -OCH3 is 1. The maximum Gasteiger partial charge on any atom is 0.305 e. The topological polar surface area (TPSA) is 82.1 Å². The summed E-state index contributed by atoms with van der Waals surface area (Å²) in [5.74, 6) is -2.86. The molecule has 0 aromatic rings. The Morgan fingerprint density at radius 3 is 2.25 bits per heavy atom. The second-order valence-electron chi connectivity index (χ2n) is 5.21. The van der Waals surface area contributed by atoms with E-state index in [-0.39, 0.29) is 0 Å². The van der Waals surface area contributed by atoms with Crippen molar-refractivity contribution in [3.63, 3.8) is 0 Å². The molecular formula is C14H26O6. The predicted molar refractivity (Wildman–Crippen MR) is 72.9 cm³/mol. The van der Waals surface area contributed by atoms with Crippen LogP contribution in [0.15, 0.2) is 0 Å². The molecule has 118 valence electrons. The van der Waals surface area contributed by atoms with Crippen molar-refractivity contribution in [2.45, 2.75) is 64.8 Å². The van der Waals surface area contributed by atoms with E-state index in [1.165, 1.54) is 27.9 Å². The van der Waals surface area contributed by atoms with Gasteiger partial charge in [-0.1, -0.05) is 19.8 Å². The molecule has 0 rings (SSSR count). The van der Waals surface area contributed by atoms with Crippen LogP contribution >= 0.6 is 0 Å². The number of hydrogen-bond acceptors (Lipinski definition) is 6. The molecule has 6 nitrogen and oxygen atoms in total. The van der Waals surface area contributed by atoms with Crippen LogP contribution in [0.2, 0.25) is 0 Å². The molecule has 20 heavy (non-hydrogen) atoms. The number of unbranched alkanes of at least 4 members (excludes halogenated alkanes) is 2. The van der Waals surface area contributed by atoms with Gasteiger partial charge in [0.1, 0.15) is 6.61 Å². The van der Waals surface area contributed by atoms with Crippen molar-refractivity contribution in [1.82, 2.24) is 0 Å². The maximum absolute atomic E-state index is 11.5. The van der Waals surface area contributed by atoms with E-state index in [9.17, 15) is 14.7 Å². The number of aliphatic hydroxyl groups is 1. The third kappa shape index (κ3) is 5.88. The van der Waals surface area contributed by atoms with Gasteiger partial charge in [-0.25, -0.2) is 0 Å². The fourth-order valence-electron chi connectivity index (χ4n) is 1.69. The van der Waals surface area contributed by atoms with Crippen LogP contribution in [-0.2, 0) is 23.8 Å². The summed E-state index contributed by atoms with van der Waals surface area (Å²) in [6, 6.07) is 0. The lowest BCUT2D eigenvalue weighted by molar-refractivity contribution is -0.298. The van der Waals surface area contributed by atoms with Crippen LogP contribution in [0.4, 0.5) is 0 Å². The molecule has 1 N–H and O–H groups in total. The summed E-state index contributed by atoms with van der Waals surface area (Å²) in [4.78, 5) is 22.6. The van der Waals surface area contributed by atoms with Crippen molar-refractivity contribution in [2.75, 3.05) is 13.7 Å². The first-order valence-electron chi connectivity index (χ1n) is 6.81. The van der Waals surface area contributed by atoms with Crippen LogP contribution < -0.4 is 0 Å². The Balaban J connectivity index is 4.50. The summed E-state index contributed by atoms with van der Waals surface area (Å²) >= 11 is 0. The fraction of sp³-hybridized carbons (Fsp3) is 0.857. The molecule has 0 spiro atoms. The van der Waals surface area contributed by atoms with Crippen molar-refractivity contribution in [1.29, 1.82) is 0 Å². The van der Waals surface area contributed by atoms with Crippen LogP contribution in [0.25, 0.3) is 0 Å². The summed E-state index contributed by atoms with van der Waals surface area (Å²) in [6.07, 6.45) is 2.99. The van der Waals surface area contributed by atoms with Gasteiger partial charge in [0, 0.05) is 20.5 Å². The highest BCUT2D eigenvalue weighted by molar-refractivity contribution is 5.69. The number of carbonyl (C=O) groups excluding carboxylic acids is 2. The third-order valence-electron chi connectivity index (χ3n) is 3.09. The molecule has 0 fully saturated rings. The molecule has 0 radical (unpaired) electrons. The maximum atomic E-state index is 11.5. The first kappa shape index (κ1) is 18.9. The largest absolute Gasteiger partial charge is 0.460 e. The van der Waals surface area contributed by atoms with Gasteiger partial charge < -0.3 is 19.3 Å². The van der Waals surface area contributed by atoms with Gasteiger partial charge in [0.05, 0.1) is 0 Å². The third-order valence-corrected chi connectivity index (χ3v) is 3.09. The molecule has 0 aliphatic carbocycles. The normalized spacial score (nSPS) is 14.5. The van der Waals surface area contributed by atoms with Gasteiger partial charge in [0.2, 0.25) is 5.79 Å². The molecule has 0 bridgehead atoms. The van der Waals surface area contributed by atoms with Crippen molar-refractivity contribution >= 4 is 11.9 Å². The highest BCUT2D eigenvalue weighted by Gasteiger charge is 2.48. The van der Waals surface area contributed by atoms with Crippen molar-refractivity contribution in [3.8, 4) is 0 Å². The summed E-state index contributed by atoms with van der Waals surface area (Å²) in [6.45, 7) is 5.85. The zero-order valence-corrected chi connectivity index (χ0v) is 13.0. The van der Waals surface area contributed by atoms with Crippen molar-refractivity contribution in [2.24, 2.45) is 0 Å². The second-order valence-corrected chi connectivity index (χ2v) is 5.21. The SMILES string of the molecule is CCCCCC(=O)OCC(O)(OC)C(C)(C)OC(C)=O. The number of carbonyl (C=O) groups is 2. The van der Waals surface area contributed by atoms with E-state index < -0.39 is 29.9 Å². The standard InChI is InChI=1S/C14H26O6/c1-6-7-8-9-12(16)19-10-14(17,18-5)13(3,4)20-11(2)15/h17H,6-10H2,1-5H3. The zero-order chi connectivity index (χ0) is 15.8. The minimum atomic E-state index is -1.89. The van der Waals surface area contributed by atoms with Gasteiger partial charge in [-0.3, -0.25) is 9.59 Å². The van der Waals surface area contributed by atoms with E-state index in [1.54, 1.807) is 0 Å². The van der Waals surface area contributed by atoms with Crippen molar-refractivity contribution in [3.05, 3.63) is 0 Å². The Morgan fingerprint density at radius 1 is 1.20 bits per heavy atom. The number of rotatable bonds is 9. The molecule has 0 heterocycles. The monoisotopic (exact) mass is 290 g/mol. The van der Waals surface area contributed by atoms with Gasteiger partial charge in [-0.2, -0.15) is 0 Å². The Hall–Kier alpha value is -1.14. The summed E-state index contributed by atoms with van der Waals surface area (Å²) in [5, 5.41) is 10.3. The highest BCUT2D eigenvalue weighted by atomic mass is 16.7. The Bertz CT molecular complexity index is 326. The quantitative estimate of drug-likeness (QED) is 0.396. The fourth-order valence-corrected chi connectivity index (χ4v) is 1.69. The minimum Gasteiger partial charge on any atom is -0.460 e. The number of ether oxygens (including phenoxy) is 3. The molecule has 0 saturated carbocycles. The van der Waals surface area contributed by atoms with Crippen LogP contribution in [0.1, 0.15) is 53.4 Å². The second kappa shape index (κ2) is 8.21. The van der Waals surface area contributed by atoms with Gasteiger partial charge in [0.25, 0.3) is 0 Å². The average molecular weight is 290 g/mol. The highest BCUT2D eigenvalue weighted by Crippen LogP contribution is 2.27. The average Bonchev–Trinajstić information content (AvgIpc) is 2.34. The number of esters is 2. The van der Waals surface area contributed by atoms with Crippen LogP contribution in [0.5, 0.6) is 0 Å². The molecule has 1 atom stereocenters. The van der Waals surface area contributed by atoms with Gasteiger partial charge in [-0.15, -0.1) is 0 Å². The lowest BCUT2D eigenvalue weighted by Gasteiger charge is -2.39.